The quantitative estimate of drug-likeness (QED) is 0.703. The van der Waals surface area contributed by atoms with E-state index in [9.17, 15) is 5.11 Å². The molecule has 0 fully saturated rings. The molecule has 1 aromatic carbocycles. The van der Waals surface area contributed by atoms with Crippen LogP contribution in [0.2, 0.25) is 0 Å². The highest BCUT2D eigenvalue weighted by Crippen LogP contribution is 2.26. The summed E-state index contributed by atoms with van der Waals surface area (Å²) in [6.45, 7) is 0.632. The van der Waals surface area contributed by atoms with Crippen molar-refractivity contribution in [1.29, 1.82) is 0 Å². The van der Waals surface area contributed by atoms with Crippen LogP contribution >= 0.6 is 0 Å². The van der Waals surface area contributed by atoms with Gasteiger partial charge >= 0.3 is 0 Å². The number of hydrogen-bond acceptors (Lipinski definition) is 4. The van der Waals surface area contributed by atoms with Crippen molar-refractivity contribution in [3.8, 4) is 11.5 Å². The second-order valence-electron chi connectivity index (χ2n) is 3.65. The molecule has 5 nitrogen and oxygen atoms in total. The maximum absolute atomic E-state index is 11.0. The van der Waals surface area contributed by atoms with E-state index in [1.165, 1.54) is 0 Å². The van der Waals surface area contributed by atoms with Crippen molar-refractivity contribution < 1.29 is 19.3 Å². The van der Waals surface area contributed by atoms with Gasteiger partial charge in [-0.05, 0) is 23.3 Å². The molecule has 0 N–H and O–H groups in total. The summed E-state index contributed by atoms with van der Waals surface area (Å²) >= 11 is 0. The average Bonchev–Trinajstić information content (AvgIpc) is 2.74. The maximum Gasteiger partial charge on any atom is 0.203 e. The van der Waals surface area contributed by atoms with E-state index in [0.717, 1.165) is 5.56 Å². The largest absolute Gasteiger partial charge is 0.857 e. The minimum Gasteiger partial charge on any atom is -0.857 e. The molecule has 0 aliphatic carbocycles. The third kappa shape index (κ3) is 2.55. The number of rotatable bonds is 3. The van der Waals surface area contributed by atoms with Gasteiger partial charge in [-0.1, -0.05) is 4.68 Å². The first-order valence-corrected chi connectivity index (χ1v) is 5.31. The topological polar surface area (TPSA) is 56.9 Å². The van der Waals surface area contributed by atoms with Crippen molar-refractivity contribution in [2.75, 3.05) is 20.8 Å². The number of benzene rings is 1. The van der Waals surface area contributed by atoms with Crippen molar-refractivity contribution in [2.24, 2.45) is 5.10 Å². The van der Waals surface area contributed by atoms with Gasteiger partial charge < -0.3 is 14.6 Å². The molecule has 1 aliphatic rings. The zero-order chi connectivity index (χ0) is 12.3. The highest BCUT2D eigenvalue weighted by Gasteiger charge is 2.12. The summed E-state index contributed by atoms with van der Waals surface area (Å²) in [6.07, 6.45) is 2.29. The molecule has 1 aromatic rings. The summed E-state index contributed by atoms with van der Waals surface area (Å²) in [7, 11) is 3.18. The van der Waals surface area contributed by atoms with Crippen molar-refractivity contribution in [1.82, 2.24) is 0 Å². The minimum absolute atomic E-state index is 0.0817. The van der Waals surface area contributed by atoms with E-state index in [1.54, 1.807) is 18.9 Å². The standard InChI is InChI=1S/C12H14N2O3/c1-16-10-4-3-9(7-11(10)17-2)8-14-6-5-12(15)13-14/h3-4,7-8H,5-6H2,1-2H3/b14-8-. The van der Waals surface area contributed by atoms with Gasteiger partial charge in [-0.15, -0.1) is 0 Å². The molecule has 0 amide bonds. The molecule has 0 saturated heterocycles. The first-order valence-electron chi connectivity index (χ1n) is 5.31. The molecular weight excluding hydrogens is 220 g/mol. The van der Waals surface area contributed by atoms with Crippen LogP contribution < -0.4 is 14.6 Å². The van der Waals surface area contributed by atoms with Gasteiger partial charge in [-0.3, -0.25) is 0 Å². The highest BCUT2D eigenvalue weighted by atomic mass is 16.5. The number of ether oxygens (including phenoxy) is 2. The summed E-state index contributed by atoms with van der Waals surface area (Å²) in [6, 6.07) is 5.55. The molecule has 5 heteroatoms. The van der Waals surface area contributed by atoms with Crippen LogP contribution in [0, 0.1) is 0 Å². The van der Waals surface area contributed by atoms with Crippen molar-refractivity contribution in [3.63, 3.8) is 0 Å². The molecule has 1 aliphatic heterocycles. The molecule has 2 rings (SSSR count). The first-order chi connectivity index (χ1) is 8.22. The highest BCUT2D eigenvalue weighted by molar-refractivity contribution is 5.78. The Bertz CT molecular complexity index is 481. The Labute approximate surface area is 99.6 Å². The van der Waals surface area contributed by atoms with Crippen LogP contribution in [0.3, 0.4) is 0 Å². The normalized spacial score (nSPS) is 17.1. The van der Waals surface area contributed by atoms with Gasteiger partial charge in [0.25, 0.3) is 0 Å². The summed E-state index contributed by atoms with van der Waals surface area (Å²) in [5.41, 5.74) is 0.918. The molecule has 1 heterocycles. The van der Waals surface area contributed by atoms with Gasteiger partial charge in [0.2, 0.25) is 6.21 Å². The predicted octanol–water partition coefficient (Wildman–Crippen LogP) is 0.213. The van der Waals surface area contributed by atoms with Crippen molar-refractivity contribution in [2.45, 2.75) is 6.42 Å². The third-order valence-corrected chi connectivity index (χ3v) is 2.50. The smallest absolute Gasteiger partial charge is 0.203 e. The van der Waals surface area contributed by atoms with Crippen LogP contribution in [0.5, 0.6) is 11.5 Å². The lowest BCUT2D eigenvalue weighted by Crippen LogP contribution is -2.13. The van der Waals surface area contributed by atoms with Gasteiger partial charge in [0.15, 0.2) is 18.0 Å². The summed E-state index contributed by atoms with van der Waals surface area (Å²) in [5.74, 6) is 1.26. The van der Waals surface area contributed by atoms with Crippen LogP contribution in [-0.4, -0.2) is 37.6 Å². The van der Waals surface area contributed by atoms with E-state index >= 15 is 0 Å². The third-order valence-electron chi connectivity index (χ3n) is 2.50. The molecule has 0 spiro atoms. The second kappa shape index (κ2) is 4.86. The summed E-state index contributed by atoms with van der Waals surface area (Å²) in [4.78, 5) is 0. The van der Waals surface area contributed by atoms with Gasteiger partial charge in [0.05, 0.1) is 14.2 Å². The van der Waals surface area contributed by atoms with Gasteiger partial charge in [-0.25, -0.2) is 0 Å². The van der Waals surface area contributed by atoms with E-state index in [2.05, 4.69) is 5.10 Å². The van der Waals surface area contributed by atoms with Gasteiger partial charge in [-0.2, -0.15) is 0 Å². The SMILES string of the molecule is COc1ccc(/C=[N+]2/CCC([O-])=N2)cc1OC. The average molecular weight is 234 g/mol. The van der Waals surface area contributed by atoms with Crippen LogP contribution in [-0.2, 0) is 0 Å². The molecule has 90 valence electrons. The minimum atomic E-state index is -0.0817. The molecule has 0 bridgehead atoms. The zero-order valence-electron chi connectivity index (χ0n) is 9.84. The Morgan fingerprint density at radius 1 is 1.29 bits per heavy atom. The van der Waals surface area contributed by atoms with E-state index in [0.29, 0.717) is 24.5 Å². The number of methoxy groups -OCH3 is 2. The van der Waals surface area contributed by atoms with E-state index in [1.807, 2.05) is 24.4 Å². The molecule has 0 atom stereocenters. The Hall–Kier alpha value is -2.04. The molecule has 0 unspecified atom stereocenters. The van der Waals surface area contributed by atoms with E-state index < -0.39 is 0 Å². The summed E-state index contributed by atoms with van der Waals surface area (Å²) < 4.78 is 12.0. The molecule has 0 radical (unpaired) electrons. The van der Waals surface area contributed by atoms with Gasteiger partial charge in [0, 0.05) is 17.9 Å². The van der Waals surface area contributed by atoms with Gasteiger partial charge in [0.1, 0.15) is 0 Å². The number of hydrogen-bond donors (Lipinski definition) is 0. The zero-order valence-corrected chi connectivity index (χ0v) is 9.84. The first kappa shape index (κ1) is 11.4. The lowest BCUT2D eigenvalue weighted by Gasteiger charge is -2.06. The lowest BCUT2D eigenvalue weighted by molar-refractivity contribution is -0.519. The molecule has 0 aromatic heterocycles. The second-order valence-corrected chi connectivity index (χ2v) is 3.65. The fourth-order valence-electron chi connectivity index (χ4n) is 1.65. The van der Waals surface area contributed by atoms with E-state index in [-0.39, 0.29) is 5.90 Å². The van der Waals surface area contributed by atoms with Crippen molar-refractivity contribution in [3.05, 3.63) is 23.8 Å². The fourth-order valence-corrected chi connectivity index (χ4v) is 1.65. The van der Waals surface area contributed by atoms with Crippen LogP contribution in [0.25, 0.3) is 0 Å². The molecule has 17 heavy (non-hydrogen) atoms. The van der Waals surface area contributed by atoms with Crippen LogP contribution in [0.15, 0.2) is 23.3 Å². The Kier molecular flexibility index (Phi) is 3.27. The van der Waals surface area contributed by atoms with Crippen LogP contribution in [0.1, 0.15) is 12.0 Å². The van der Waals surface area contributed by atoms with Crippen LogP contribution in [0.4, 0.5) is 0 Å². The monoisotopic (exact) mass is 234 g/mol. The maximum atomic E-state index is 11.0. The van der Waals surface area contributed by atoms with E-state index in [4.69, 9.17) is 9.47 Å². The summed E-state index contributed by atoms with van der Waals surface area (Å²) in [5, 5.41) is 14.8. The number of nitrogens with zero attached hydrogens (tertiary/aromatic N) is 2. The van der Waals surface area contributed by atoms with Crippen molar-refractivity contribution >= 4 is 12.1 Å². The molecular formula is C12H14N2O3. The molecule has 0 saturated carbocycles. The Morgan fingerprint density at radius 3 is 2.65 bits per heavy atom. The number of hydrazone groups is 1. The lowest BCUT2D eigenvalue weighted by atomic mass is 10.2. The predicted molar refractivity (Wildman–Crippen MR) is 61.9 cm³/mol. The Morgan fingerprint density at radius 2 is 2.06 bits per heavy atom. The fraction of sp³-hybridized carbons (Fsp3) is 0.333. The Balaban J connectivity index is 2.28.